The first-order valence-electron chi connectivity index (χ1n) is 9.88. The van der Waals surface area contributed by atoms with Gasteiger partial charge in [0.15, 0.2) is 0 Å². The number of rotatable bonds is 10. The van der Waals surface area contributed by atoms with Gasteiger partial charge in [-0.2, -0.15) is 0 Å². The summed E-state index contributed by atoms with van der Waals surface area (Å²) in [5, 5.41) is 0. The molecule has 1 aromatic rings. The van der Waals surface area contributed by atoms with Crippen molar-refractivity contribution >= 4 is 11.9 Å². The zero-order valence-corrected chi connectivity index (χ0v) is 15.9. The van der Waals surface area contributed by atoms with Crippen LogP contribution in [0.4, 0.5) is 0 Å². The second-order valence-corrected chi connectivity index (χ2v) is 7.49. The molecule has 4 unspecified atom stereocenters. The molecule has 138 valence electrons. The molecule has 1 aromatic carbocycles. The van der Waals surface area contributed by atoms with Crippen LogP contribution >= 0.6 is 0 Å². The van der Waals surface area contributed by atoms with Gasteiger partial charge in [0.25, 0.3) is 0 Å². The predicted molar refractivity (Wildman–Crippen MR) is 100 cm³/mol. The van der Waals surface area contributed by atoms with Gasteiger partial charge in [-0.05, 0) is 30.2 Å². The topological polar surface area (TPSA) is 43.4 Å². The number of esters is 2. The van der Waals surface area contributed by atoms with Crippen LogP contribution in [0.5, 0.6) is 0 Å². The average molecular weight is 344 g/mol. The molecule has 0 aliphatic carbocycles. The van der Waals surface area contributed by atoms with Crippen molar-refractivity contribution in [3.63, 3.8) is 0 Å². The van der Waals surface area contributed by atoms with Gasteiger partial charge in [-0.3, -0.25) is 9.59 Å². The van der Waals surface area contributed by atoms with Crippen molar-refractivity contribution in [2.24, 2.45) is 17.8 Å². The fraction of sp³-hybridized carbons (Fsp3) is 0.636. The Morgan fingerprint density at radius 3 is 2.36 bits per heavy atom. The van der Waals surface area contributed by atoms with E-state index >= 15 is 0 Å². The van der Waals surface area contributed by atoms with Crippen molar-refractivity contribution in [3.05, 3.63) is 35.9 Å². The van der Waals surface area contributed by atoms with E-state index in [1.54, 1.807) is 0 Å². The van der Waals surface area contributed by atoms with E-state index in [1.807, 2.05) is 18.2 Å². The van der Waals surface area contributed by atoms with E-state index in [2.05, 4.69) is 32.9 Å². The minimum absolute atomic E-state index is 0.0532. The number of carbonyl (C=O) groups excluding carboxylic acids is 2. The number of carbonyl (C=O) groups is 2. The van der Waals surface area contributed by atoms with Crippen LogP contribution in [0.25, 0.3) is 0 Å². The maximum absolute atomic E-state index is 12.4. The monoisotopic (exact) mass is 344 g/mol. The Bertz CT molecular complexity index is 552. The number of unbranched alkanes of at least 4 members (excludes halogenated alkanes) is 3. The van der Waals surface area contributed by atoms with Crippen molar-refractivity contribution in [2.45, 2.75) is 71.6 Å². The normalized spacial score (nSPS) is 22.7. The van der Waals surface area contributed by atoms with Crippen LogP contribution in [0.2, 0.25) is 0 Å². The third-order valence-corrected chi connectivity index (χ3v) is 5.52. The first-order valence-corrected chi connectivity index (χ1v) is 9.88. The van der Waals surface area contributed by atoms with Gasteiger partial charge in [0.05, 0.1) is 11.8 Å². The van der Waals surface area contributed by atoms with Gasteiger partial charge >= 0.3 is 11.9 Å². The number of hydrogen-bond acceptors (Lipinski definition) is 3. The average Bonchev–Trinajstić information content (AvgIpc) is 2.88. The number of ether oxygens (including phenoxy) is 1. The number of benzene rings is 1. The third-order valence-electron chi connectivity index (χ3n) is 5.52. The first-order chi connectivity index (χ1) is 12.1. The minimum Gasteiger partial charge on any atom is -0.393 e. The maximum Gasteiger partial charge on any atom is 0.318 e. The predicted octanol–water partition coefficient (Wildman–Crippen LogP) is 5.49. The molecule has 0 saturated carbocycles. The molecule has 0 radical (unpaired) electrons. The molecule has 0 amide bonds. The van der Waals surface area contributed by atoms with Crippen LogP contribution in [-0.4, -0.2) is 11.9 Å². The second kappa shape index (κ2) is 9.74. The Morgan fingerprint density at radius 2 is 1.72 bits per heavy atom. The molecule has 0 bridgehead atoms. The lowest BCUT2D eigenvalue weighted by Crippen LogP contribution is -2.26. The lowest BCUT2D eigenvalue weighted by molar-refractivity contribution is -0.154. The molecule has 1 saturated heterocycles. The second-order valence-electron chi connectivity index (χ2n) is 7.49. The van der Waals surface area contributed by atoms with Gasteiger partial charge in [0.1, 0.15) is 0 Å². The highest BCUT2D eigenvalue weighted by molar-refractivity contribution is 5.97. The summed E-state index contributed by atoms with van der Waals surface area (Å²) in [5.74, 6) is -0.779. The lowest BCUT2D eigenvalue weighted by atomic mass is 9.74. The van der Waals surface area contributed by atoms with Gasteiger partial charge in [0.2, 0.25) is 0 Å². The number of hydrogen-bond donors (Lipinski definition) is 0. The smallest absolute Gasteiger partial charge is 0.318 e. The summed E-state index contributed by atoms with van der Waals surface area (Å²) < 4.78 is 5.06. The minimum atomic E-state index is -0.335. The highest BCUT2D eigenvalue weighted by atomic mass is 16.6. The molecule has 3 nitrogen and oxygen atoms in total. The summed E-state index contributed by atoms with van der Waals surface area (Å²) in [4.78, 5) is 24.7. The van der Waals surface area contributed by atoms with Crippen molar-refractivity contribution in [1.29, 1.82) is 0 Å². The molecular weight excluding hydrogens is 312 g/mol. The highest BCUT2D eigenvalue weighted by Gasteiger charge is 2.48. The summed E-state index contributed by atoms with van der Waals surface area (Å²) in [6, 6.07) is 10.1. The molecule has 1 fully saturated rings. The van der Waals surface area contributed by atoms with E-state index in [0.29, 0.717) is 5.92 Å². The van der Waals surface area contributed by atoms with Crippen LogP contribution in [0.3, 0.4) is 0 Å². The van der Waals surface area contributed by atoms with E-state index in [1.165, 1.54) is 25.7 Å². The van der Waals surface area contributed by atoms with Gasteiger partial charge in [-0.15, -0.1) is 0 Å². The van der Waals surface area contributed by atoms with E-state index in [-0.39, 0.29) is 29.7 Å². The van der Waals surface area contributed by atoms with E-state index < -0.39 is 0 Å². The summed E-state index contributed by atoms with van der Waals surface area (Å²) in [5.41, 5.74) is 1.13. The van der Waals surface area contributed by atoms with Crippen molar-refractivity contribution in [2.75, 3.05) is 0 Å². The largest absolute Gasteiger partial charge is 0.393 e. The highest BCUT2D eigenvalue weighted by Crippen LogP contribution is 2.41. The molecule has 3 heteroatoms. The Labute approximate surface area is 152 Å². The molecule has 4 atom stereocenters. The van der Waals surface area contributed by atoms with E-state index in [0.717, 1.165) is 24.8 Å². The Kier molecular flexibility index (Phi) is 7.67. The zero-order valence-electron chi connectivity index (χ0n) is 15.9. The zero-order chi connectivity index (χ0) is 18.2. The van der Waals surface area contributed by atoms with Crippen LogP contribution in [0.15, 0.2) is 30.3 Å². The molecule has 1 aliphatic rings. The van der Waals surface area contributed by atoms with Crippen LogP contribution in [0.1, 0.15) is 77.2 Å². The molecule has 0 N–H and O–H groups in total. The quantitative estimate of drug-likeness (QED) is 0.320. The standard InChI is InChI=1S/C22H32O3/c1-4-6-7-9-12-16(3)15-19-20(22(24)25-21(19)23)18(5-2)17-13-10-8-11-14-17/h8,10-11,13-14,16,18-20H,4-7,9,12,15H2,1-3H3. The van der Waals surface area contributed by atoms with Crippen LogP contribution in [0, 0.1) is 17.8 Å². The summed E-state index contributed by atoms with van der Waals surface area (Å²) in [6.07, 6.45) is 7.65. The molecule has 0 spiro atoms. The summed E-state index contributed by atoms with van der Waals surface area (Å²) in [7, 11) is 0. The lowest BCUT2D eigenvalue weighted by Gasteiger charge is -2.25. The third kappa shape index (κ3) is 5.17. The molecule has 1 heterocycles. The Hall–Kier alpha value is -1.64. The van der Waals surface area contributed by atoms with Gasteiger partial charge in [0, 0.05) is 0 Å². The van der Waals surface area contributed by atoms with Crippen molar-refractivity contribution in [3.8, 4) is 0 Å². The Morgan fingerprint density at radius 1 is 1.00 bits per heavy atom. The van der Waals surface area contributed by atoms with Gasteiger partial charge in [-0.1, -0.05) is 83.2 Å². The summed E-state index contributed by atoms with van der Waals surface area (Å²) >= 11 is 0. The van der Waals surface area contributed by atoms with E-state index in [9.17, 15) is 9.59 Å². The SMILES string of the molecule is CCCCCCC(C)CC1C(=O)OC(=O)C1C(CC)c1ccccc1. The first kappa shape index (κ1) is 19.7. The van der Waals surface area contributed by atoms with Gasteiger partial charge < -0.3 is 4.74 Å². The van der Waals surface area contributed by atoms with Crippen molar-refractivity contribution in [1.82, 2.24) is 0 Å². The Balaban J connectivity index is 2.06. The van der Waals surface area contributed by atoms with Crippen LogP contribution in [-0.2, 0) is 14.3 Å². The van der Waals surface area contributed by atoms with Crippen molar-refractivity contribution < 1.29 is 14.3 Å². The van der Waals surface area contributed by atoms with Gasteiger partial charge in [-0.25, -0.2) is 0 Å². The maximum atomic E-state index is 12.4. The number of cyclic esters (lactones) is 2. The molecule has 2 rings (SSSR count). The molecule has 25 heavy (non-hydrogen) atoms. The van der Waals surface area contributed by atoms with Crippen LogP contribution < -0.4 is 0 Å². The van der Waals surface area contributed by atoms with E-state index in [4.69, 9.17) is 4.74 Å². The summed E-state index contributed by atoms with van der Waals surface area (Å²) in [6.45, 7) is 6.49. The molecule has 1 aliphatic heterocycles. The fourth-order valence-corrected chi connectivity index (χ4v) is 4.11. The molecule has 0 aromatic heterocycles. The fourth-order valence-electron chi connectivity index (χ4n) is 4.11. The molecular formula is C22H32O3.